The van der Waals surface area contributed by atoms with Gasteiger partial charge in [0.25, 0.3) is 10.0 Å². The van der Waals surface area contributed by atoms with Crippen molar-refractivity contribution in [3.63, 3.8) is 0 Å². The lowest BCUT2D eigenvalue weighted by Gasteiger charge is -2.33. The molecule has 0 aromatic heterocycles. The number of anilines is 1. The van der Waals surface area contributed by atoms with Gasteiger partial charge in [-0.3, -0.25) is 13.9 Å². The largest absolute Gasteiger partial charge is 0.357 e. The summed E-state index contributed by atoms with van der Waals surface area (Å²) < 4.78 is 29.6. The molecular weight excluding hydrogens is 590 g/mol. The fraction of sp³-hybridized carbons (Fsp3) is 0.161. The van der Waals surface area contributed by atoms with Gasteiger partial charge in [-0.05, 0) is 47.5 Å². The summed E-state index contributed by atoms with van der Waals surface area (Å²) in [6.07, 6.45) is 0.261. The second-order valence-electron chi connectivity index (χ2n) is 9.13. The minimum absolute atomic E-state index is 0.0670. The van der Waals surface area contributed by atoms with E-state index in [2.05, 4.69) is 21.2 Å². The standard InChI is InChI=1S/C31H30BrN3O4S/c1-33-31(37)29(21-24-12-5-2-6-13-24)34(22-25-14-11-15-26(32)20-25)30(36)23-35(27-16-7-3-8-17-27)40(38,39)28-18-9-4-10-19-28/h2-20,29H,21-23H2,1H3,(H,33,37)/t29-/m1/s1. The van der Waals surface area contributed by atoms with Crippen LogP contribution in [0, 0.1) is 0 Å². The van der Waals surface area contributed by atoms with E-state index in [1.54, 1.807) is 48.5 Å². The molecule has 9 heteroatoms. The summed E-state index contributed by atoms with van der Waals surface area (Å²) in [6, 6.07) is 32.5. The first-order valence-corrected chi connectivity index (χ1v) is 14.9. The number of carbonyl (C=O) groups is 2. The van der Waals surface area contributed by atoms with Crippen molar-refractivity contribution >= 4 is 43.5 Å². The molecular formula is C31H30BrN3O4S. The first kappa shape index (κ1) is 29.0. The number of hydrogen-bond acceptors (Lipinski definition) is 4. The normalized spacial score (nSPS) is 11.8. The molecule has 4 aromatic carbocycles. The van der Waals surface area contributed by atoms with Gasteiger partial charge in [0.05, 0.1) is 10.6 Å². The van der Waals surface area contributed by atoms with Crippen LogP contribution in [0.2, 0.25) is 0 Å². The van der Waals surface area contributed by atoms with Crippen molar-refractivity contribution in [2.75, 3.05) is 17.9 Å². The van der Waals surface area contributed by atoms with E-state index in [9.17, 15) is 18.0 Å². The van der Waals surface area contributed by atoms with Gasteiger partial charge in [-0.25, -0.2) is 8.42 Å². The zero-order chi connectivity index (χ0) is 28.5. The lowest BCUT2D eigenvalue weighted by atomic mass is 10.0. The summed E-state index contributed by atoms with van der Waals surface area (Å²) in [6.45, 7) is -0.380. The summed E-state index contributed by atoms with van der Waals surface area (Å²) >= 11 is 3.48. The van der Waals surface area contributed by atoms with Crippen molar-refractivity contribution in [3.05, 3.63) is 131 Å². The zero-order valence-corrected chi connectivity index (χ0v) is 24.4. The predicted molar refractivity (Wildman–Crippen MR) is 160 cm³/mol. The van der Waals surface area contributed by atoms with E-state index in [1.165, 1.54) is 24.1 Å². The number of amides is 2. The molecule has 4 rings (SSSR count). The minimum atomic E-state index is -4.09. The number of benzene rings is 4. The van der Waals surface area contributed by atoms with E-state index in [0.29, 0.717) is 5.69 Å². The van der Waals surface area contributed by atoms with Crippen LogP contribution in [0.3, 0.4) is 0 Å². The smallest absolute Gasteiger partial charge is 0.264 e. The SMILES string of the molecule is CNC(=O)[C@@H](Cc1ccccc1)N(Cc1cccc(Br)c1)C(=O)CN(c1ccccc1)S(=O)(=O)c1ccccc1. The molecule has 40 heavy (non-hydrogen) atoms. The van der Waals surface area contributed by atoms with Gasteiger partial charge in [0.2, 0.25) is 11.8 Å². The Morgan fingerprint density at radius 3 is 1.98 bits per heavy atom. The van der Waals surface area contributed by atoms with Crippen LogP contribution in [0.4, 0.5) is 5.69 Å². The van der Waals surface area contributed by atoms with Crippen LogP contribution in [-0.4, -0.2) is 44.8 Å². The summed E-state index contributed by atoms with van der Waals surface area (Å²) in [5, 5.41) is 2.68. The molecule has 0 saturated heterocycles. The van der Waals surface area contributed by atoms with E-state index in [1.807, 2.05) is 54.6 Å². The van der Waals surface area contributed by atoms with E-state index in [-0.39, 0.29) is 23.8 Å². The molecule has 0 fully saturated rings. The Labute approximate surface area is 243 Å². The number of nitrogens with zero attached hydrogens (tertiary/aromatic N) is 2. The number of rotatable bonds is 11. The summed E-state index contributed by atoms with van der Waals surface area (Å²) in [7, 11) is -2.57. The highest BCUT2D eigenvalue weighted by Crippen LogP contribution is 2.25. The molecule has 0 spiro atoms. The minimum Gasteiger partial charge on any atom is -0.357 e. The van der Waals surface area contributed by atoms with Gasteiger partial charge >= 0.3 is 0 Å². The molecule has 4 aromatic rings. The Kier molecular flexibility index (Phi) is 9.74. The highest BCUT2D eigenvalue weighted by Gasteiger charge is 2.34. The number of nitrogens with one attached hydrogen (secondary N) is 1. The average molecular weight is 621 g/mol. The fourth-order valence-electron chi connectivity index (χ4n) is 4.40. The van der Waals surface area contributed by atoms with E-state index in [0.717, 1.165) is 19.9 Å². The van der Waals surface area contributed by atoms with Crippen LogP contribution in [0.25, 0.3) is 0 Å². The van der Waals surface area contributed by atoms with Crippen LogP contribution >= 0.6 is 15.9 Å². The topological polar surface area (TPSA) is 86.8 Å². The quantitative estimate of drug-likeness (QED) is 0.255. The number of hydrogen-bond donors (Lipinski definition) is 1. The van der Waals surface area contributed by atoms with Crippen molar-refractivity contribution in [2.24, 2.45) is 0 Å². The van der Waals surface area contributed by atoms with Crippen molar-refractivity contribution < 1.29 is 18.0 Å². The molecule has 0 saturated carbocycles. The van der Waals surface area contributed by atoms with E-state index < -0.39 is 28.5 Å². The molecule has 206 valence electrons. The van der Waals surface area contributed by atoms with Crippen LogP contribution in [-0.2, 0) is 32.6 Å². The Balaban J connectivity index is 1.76. The fourth-order valence-corrected chi connectivity index (χ4v) is 6.28. The average Bonchev–Trinajstić information content (AvgIpc) is 2.98. The van der Waals surface area contributed by atoms with Gasteiger partial charge in [-0.1, -0.05) is 94.8 Å². The number of carbonyl (C=O) groups excluding carboxylic acids is 2. The van der Waals surface area contributed by atoms with Crippen LogP contribution in [0.5, 0.6) is 0 Å². The maximum Gasteiger partial charge on any atom is 0.264 e. The van der Waals surface area contributed by atoms with Crippen LogP contribution in [0.15, 0.2) is 125 Å². The number of sulfonamides is 1. The van der Waals surface area contributed by atoms with Crippen molar-refractivity contribution in [2.45, 2.75) is 23.9 Å². The van der Waals surface area contributed by atoms with E-state index in [4.69, 9.17) is 0 Å². The summed E-state index contributed by atoms with van der Waals surface area (Å²) in [5.41, 5.74) is 2.02. The lowest BCUT2D eigenvalue weighted by Crippen LogP contribution is -2.53. The van der Waals surface area contributed by atoms with Crippen molar-refractivity contribution in [1.29, 1.82) is 0 Å². The maximum absolute atomic E-state index is 14.2. The number of halogens is 1. The van der Waals surface area contributed by atoms with Gasteiger partial charge in [-0.2, -0.15) is 0 Å². The van der Waals surface area contributed by atoms with E-state index >= 15 is 0 Å². The molecule has 0 aliphatic carbocycles. The Morgan fingerprint density at radius 1 is 0.800 bits per heavy atom. The van der Waals surface area contributed by atoms with Gasteiger partial charge in [0.1, 0.15) is 12.6 Å². The van der Waals surface area contributed by atoms with Gasteiger partial charge in [0.15, 0.2) is 0 Å². The van der Waals surface area contributed by atoms with Crippen molar-refractivity contribution in [1.82, 2.24) is 10.2 Å². The predicted octanol–water partition coefficient (Wildman–Crippen LogP) is 5.03. The second-order valence-corrected chi connectivity index (χ2v) is 11.9. The highest BCUT2D eigenvalue weighted by atomic mass is 79.9. The molecule has 0 heterocycles. The first-order valence-electron chi connectivity index (χ1n) is 12.7. The molecule has 0 radical (unpaired) electrons. The maximum atomic E-state index is 14.2. The van der Waals surface area contributed by atoms with Crippen LogP contribution in [0.1, 0.15) is 11.1 Å². The summed E-state index contributed by atoms with van der Waals surface area (Å²) in [4.78, 5) is 29.0. The second kappa shape index (κ2) is 13.4. The third-order valence-electron chi connectivity index (χ3n) is 6.41. The Morgan fingerprint density at radius 2 is 1.38 bits per heavy atom. The van der Waals surface area contributed by atoms with Gasteiger partial charge < -0.3 is 10.2 Å². The molecule has 0 aliphatic heterocycles. The molecule has 1 N–H and O–H groups in total. The van der Waals surface area contributed by atoms with Gasteiger partial charge in [0, 0.05) is 24.5 Å². The monoisotopic (exact) mass is 619 g/mol. The molecule has 1 atom stereocenters. The molecule has 0 unspecified atom stereocenters. The first-order chi connectivity index (χ1) is 19.3. The highest BCUT2D eigenvalue weighted by molar-refractivity contribution is 9.10. The Hall–Kier alpha value is -3.95. The molecule has 7 nitrogen and oxygen atoms in total. The number of likely N-dealkylation sites (N-methyl/N-ethyl adjacent to an activating group) is 1. The summed E-state index contributed by atoms with van der Waals surface area (Å²) in [5.74, 6) is -0.850. The lowest BCUT2D eigenvalue weighted by molar-refractivity contribution is -0.139. The molecule has 0 bridgehead atoms. The Bertz CT molecular complexity index is 1530. The third-order valence-corrected chi connectivity index (χ3v) is 8.70. The zero-order valence-electron chi connectivity index (χ0n) is 22.0. The third kappa shape index (κ3) is 7.16. The molecule has 0 aliphatic rings. The molecule has 2 amide bonds. The van der Waals surface area contributed by atoms with Crippen LogP contribution < -0.4 is 9.62 Å². The van der Waals surface area contributed by atoms with Crippen molar-refractivity contribution in [3.8, 4) is 0 Å². The van der Waals surface area contributed by atoms with Gasteiger partial charge in [-0.15, -0.1) is 0 Å². The number of para-hydroxylation sites is 1.